The smallest absolute Gasteiger partial charge is 0.328 e. The first-order valence-corrected chi connectivity index (χ1v) is 11.1. The average Bonchev–Trinajstić information content (AvgIpc) is 3.39. The molecule has 2 heterocycles. The Morgan fingerprint density at radius 1 is 0.657 bits per heavy atom. The summed E-state index contributed by atoms with van der Waals surface area (Å²) in [5.41, 5.74) is 1.60. The van der Waals surface area contributed by atoms with E-state index in [1.807, 2.05) is 48.5 Å². The molecule has 13 heteroatoms. The molecule has 0 fully saturated rings. The standard InChI is InChI=1S/2C11H8N2O3S.Zn/c2*14-9(5-6-10(15)16)13-11-12-7-3-1-2-4-8(7)17-11;/h2*1-6H,(H,15,16)(H,12,13,14);. The normalized spacial score (nSPS) is 10.5. The van der Waals surface area contributed by atoms with E-state index in [1.165, 1.54) is 22.7 Å². The first-order chi connectivity index (χ1) is 16.3. The Morgan fingerprint density at radius 3 is 1.37 bits per heavy atom. The summed E-state index contributed by atoms with van der Waals surface area (Å²) in [6.45, 7) is 0. The van der Waals surface area contributed by atoms with Crippen molar-refractivity contribution in [2.45, 2.75) is 0 Å². The molecule has 0 spiro atoms. The predicted octanol–water partition coefficient (Wildman–Crippen LogP) is 3.75. The molecule has 4 rings (SSSR count). The van der Waals surface area contributed by atoms with E-state index in [4.69, 9.17) is 10.2 Å². The molecule has 2 aromatic carbocycles. The van der Waals surface area contributed by atoms with Gasteiger partial charge in [0.05, 0.1) is 20.4 Å². The van der Waals surface area contributed by atoms with E-state index in [0.29, 0.717) is 10.3 Å². The van der Waals surface area contributed by atoms with Crippen LogP contribution in [0.2, 0.25) is 0 Å². The summed E-state index contributed by atoms with van der Waals surface area (Å²) in [7, 11) is 0. The van der Waals surface area contributed by atoms with Crippen molar-refractivity contribution < 1.29 is 48.9 Å². The number of fused-ring (bicyclic) bond motifs is 2. The van der Waals surface area contributed by atoms with Gasteiger partial charge in [0.1, 0.15) is 0 Å². The fourth-order valence-corrected chi connectivity index (χ4v) is 4.18. The number of thiazole rings is 2. The summed E-state index contributed by atoms with van der Waals surface area (Å²) in [4.78, 5) is 51.4. The summed E-state index contributed by atoms with van der Waals surface area (Å²) in [6.07, 6.45) is 3.47. The minimum absolute atomic E-state index is 0. The molecule has 35 heavy (non-hydrogen) atoms. The topological polar surface area (TPSA) is 159 Å². The Morgan fingerprint density at radius 2 is 1.03 bits per heavy atom. The van der Waals surface area contributed by atoms with Crippen LogP contribution in [0.5, 0.6) is 0 Å². The molecule has 10 nitrogen and oxygen atoms in total. The maximum Gasteiger partial charge on any atom is 0.328 e. The van der Waals surface area contributed by atoms with E-state index < -0.39 is 23.8 Å². The van der Waals surface area contributed by atoms with Crippen molar-refractivity contribution in [1.29, 1.82) is 0 Å². The van der Waals surface area contributed by atoms with Crippen LogP contribution in [-0.2, 0) is 38.7 Å². The van der Waals surface area contributed by atoms with Crippen LogP contribution < -0.4 is 10.6 Å². The zero-order valence-electron chi connectivity index (χ0n) is 17.9. The van der Waals surface area contributed by atoms with Gasteiger partial charge in [-0.05, 0) is 24.3 Å². The van der Waals surface area contributed by atoms with Gasteiger partial charge < -0.3 is 10.2 Å². The van der Waals surface area contributed by atoms with Gasteiger partial charge in [0.15, 0.2) is 10.3 Å². The second-order valence-corrected chi connectivity index (χ2v) is 8.36. The average molecular weight is 562 g/mol. The van der Waals surface area contributed by atoms with Crippen molar-refractivity contribution in [3.63, 3.8) is 0 Å². The third-order valence-corrected chi connectivity index (χ3v) is 5.71. The number of rotatable bonds is 6. The van der Waals surface area contributed by atoms with Gasteiger partial charge >= 0.3 is 11.9 Å². The van der Waals surface area contributed by atoms with Crippen molar-refractivity contribution in [2.75, 3.05) is 10.6 Å². The molecule has 0 unspecified atom stereocenters. The van der Waals surface area contributed by atoms with Crippen molar-refractivity contribution in [3.05, 3.63) is 72.8 Å². The van der Waals surface area contributed by atoms with E-state index in [0.717, 1.165) is 44.7 Å². The van der Waals surface area contributed by atoms with Crippen molar-refractivity contribution >= 4 is 77.1 Å². The van der Waals surface area contributed by atoms with Gasteiger partial charge in [-0.1, -0.05) is 46.9 Å². The van der Waals surface area contributed by atoms with E-state index >= 15 is 0 Å². The van der Waals surface area contributed by atoms with Crippen LogP contribution in [0.15, 0.2) is 72.8 Å². The van der Waals surface area contributed by atoms with Gasteiger partial charge in [-0.3, -0.25) is 20.2 Å². The number of carboxylic acids is 2. The first-order valence-electron chi connectivity index (χ1n) is 9.45. The van der Waals surface area contributed by atoms with Crippen molar-refractivity contribution in [2.24, 2.45) is 0 Å². The van der Waals surface area contributed by atoms with Gasteiger partial charge in [-0.15, -0.1) is 0 Å². The number of anilines is 2. The van der Waals surface area contributed by atoms with Crippen LogP contribution in [-0.4, -0.2) is 43.9 Å². The maximum absolute atomic E-state index is 11.3. The van der Waals surface area contributed by atoms with E-state index in [2.05, 4.69) is 20.6 Å². The largest absolute Gasteiger partial charge is 0.478 e. The van der Waals surface area contributed by atoms with Crippen LogP contribution in [0.3, 0.4) is 0 Å². The molecule has 4 aromatic rings. The second kappa shape index (κ2) is 13.2. The molecule has 0 aliphatic rings. The number of carbonyl (C=O) groups excluding carboxylic acids is 2. The summed E-state index contributed by atoms with van der Waals surface area (Å²) < 4.78 is 1.93. The molecule has 2 aromatic heterocycles. The van der Waals surface area contributed by atoms with Gasteiger partial charge in [-0.25, -0.2) is 19.6 Å². The van der Waals surface area contributed by atoms with Crippen LogP contribution >= 0.6 is 22.7 Å². The number of nitrogens with zero attached hydrogens (tertiary/aromatic N) is 2. The van der Waals surface area contributed by atoms with Crippen molar-refractivity contribution in [1.82, 2.24) is 9.97 Å². The van der Waals surface area contributed by atoms with Crippen molar-refractivity contribution in [3.8, 4) is 0 Å². The van der Waals surface area contributed by atoms with E-state index in [9.17, 15) is 19.2 Å². The number of hydrogen-bond donors (Lipinski definition) is 4. The van der Waals surface area contributed by atoms with Crippen LogP contribution in [0.25, 0.3) is 20.4 Å². The van der Waals surface area contributed by atoms with Gasteiger partial charge in [0, 0.05) is 43.8 Å². The molecule has 2 amide bonds. The number of hydrogen-bond acceptors (Lipinski definition) is 8. The number of aliphatic carboxylic acids is 2. The predicted molar refractivity (Wildman–Crippen MR) is 130 cm³/mol. The molecule has 0 aliphatic carbocycles. The third-order valence-electron chi connectivity index (χ3n) is 3.80. The number of benzene rings is 2. The van der Waals surface area contributed by atoms with E-state index in [-0.39, 0.29) is 19.5 Å². The maximum atomic E-state index is 11.3. The zero-order chi connectivity index (χ0) is 24.5. The number of carbonyl (C=O) groups is 4. The molecular weight excluding hydrogens is 546 g/mol. The minimum atomic E-state index is -1.16. The molecule has 0 radical (unpaired) electrons. The first kappa shape index (κ1) is 27.4. The fraction of sp³-hybridized carbons (Fsp3) is 0. The quantitative estimate of drug-likeness (QED) is 0.205. The number of aromatic nitrogens is 2. The van der Waals surface area contributed by atoms with Gasteiger partial charge in [0.2, 0.25) is 11.8 Å². The summed E-state index contributed by atoms with van der Waals surface area (Å²) >= 11 is 2.67. The SMILES string of the molecule is O=C(O)C=CC(=O)Nc1nc2ccccc2s1.O=C(O)C=CC(=O)Nc1nc2ccccc2s1.[Zn]. The Hall–Kier alpha value is -3.80. The molecule has 174 valence electrons. The third kappa shape index (κ3) is 8.82. The molecule has 0 bridgehead atoms. The monoisotopic (exact) mass is 560 g/mol. The molecule has 0 saturated carbocycles. The van der Waals surface area contributed by atoms with Crippen LogP contribution in [0, 0.1) is 0 Å². The fourth-order valence-electron chi connectivity index (χ4n) is 2.44. The minimum Gasteiger partial charge on any atom is -0.478 e. The number of nitrogens with one attached hydrogen (secondary N) is 2. The van der Waals surface area contributed by atoms with Gasteiger partial charge in [0.25, 0.3) is 0 Å². The van der Waals surface area contributed by atoms with Crippen LogP contribution in [0.1, 0.15) is 0 Å². The number of carboxylic acid groups (broad SMARTS) is 2. The number of para-hydroxylation sites is 2. The summed E-state index contributed by atoms with van der Waals surface area (Å²) in [5, 5.41) is 22.6. The molecule has 0 atom stereocenters. The summed E-state index contributed by atoms with van der Waals surface area (Å²) in [6, 6.07) is 15.0. The second-order valence-electron chi connectivity index (χ2n) is 6.30. The van der Waals surface area contributed by atoms with Crippen LogP contribution in [0.4, 0.5) is 10.3 Å². The number of amides is 2. The Labute approximate surface area is 218 Å². The molecule has 0 saturated heterocycles. The summed E-state index contributed by atoms with van der Waals surface area (Å²) in [5.74, 6) is -3.34. The molecule has 0 aliphatic heterocycles. The Kier molecular flexibility index (Phi) is 10.3. The molecule has 4 N–H and O–H groups in total. The zero-order valence-corrected chi connectivity index (χ0v) is 22.5. The van der Waals surface area contributed by atoms with Gasteiger partial charge in [-0.2, -0.15) is 0 Å². The molecular formula is C22H16N4O6S2Zn. The Bertz CT molecular complexity index is 1260. The van der Waals surface area contributed by atoms with E-state index in [1.54, 1.807) is 0 Å². The Balaban J connectivity index is 0.000000240.